The van der Waals surface area contributed by atoms with Crippen LogP contribution >= 0.6 is 0 Å². The molecule has 5 fully saturated rings. The second kappa shape index (κ2) is 5.52. The molecule has 1 aromatic rings. The molecule has 4 saturated carbocycles. The summed E-state index contributed by atoms with van der Waals surface area (Å²) in [6.45, 7) is 4.42. The Labute approximate surface area is 154 Å². The van der Waals surface area contributed by atoms with E-state index < -0.39 is 5.60 Å². The van der Waals surface area contributed by atoms with Gasteiger partial charge in [-0.25, -0.2) is 4.68 Å². The van der Waals surface area contributed by atoms with Crippen LogP contribution in [0.2, 0.25) is 0 Å². The summed E-state index contributed by atoms with van der Waals surface area (Å²) in [7, 11) is 0. The van der Waals surface area contributed by atoms with Crippen molar-refractivity contribution in [2.75, 3.05) is 0 Å². The second-order valence-corrected chi connectivity index (χ2v) is 9.58. The quantitative estimate of drug-likeness (QED) is 0.864. The fourth-order valence-electron chi connectivity index (χ4n) is 6.84. The normalized spacial score (nSPS) is 49.8. The van der Waals surface area contributed by atoms with Crippen LogP contribution < -0.4 is 0 Å². The standard InChI is InChI=1S/C20H31N3O3/c1-3-15-14-9-20(15,25)6-4-5-19(23-11-13(12-24)21-22-23)8-7-18(2)16(10-19)17(14)26-18/h11,14-17,24-25H,3-10,12H2,1-2H3. The topological polar surface area (TPSA) is 80.4 Å². The summed E-state index contributed by atoms with van der Waals surface area (Å²) in [4.78, 5) is 0. The first-order valence-electron chi connectivity index (χ1n) is 10.4. The second-order valence-electron chi connectivity index (χ2n) is 9.58. The van der Waals surface area contributed by atoms with Gasteiger partial charge in [-0.15, -0.1) is 5.10 Å². The lowest BCUT2D eigenvalue weighted by atomic mass is 9.49. The van der Waals surface area contributed by atoms with Gasteiger partial charge >= 0.3 is 0 Å². The maximum atomic E-state index is 11.2. The molecule has 6 heteroatoms. The molecule has 4 bridgehead atoms. The van der Waals surface area contributed by atoms with Crippen molar-refractivity contribution < 1.29 is 14.9 Å². The predicted molar refractivity (Wildman–Crippen MR) is 95.2 cm³/mol. The van der Waals surface area contributed by atoms with Crippen molar-refractivity contribution in [2.45, 2.75) is 94.7 Å². The third-order valence-electron chi connectivity index (χ3n) is 8.37. The minimum absolute atomic E-state index is 0.0141. The molecule has 2 heterocycles. The van der Waals surface area contributed by atoms with E-state index in [2.05, 4.69) is 24.2 Å². The monoisotopic (exact) mass is 361 g/mol. The smallest absolute Gasteiger partial charge is 0.108 e. The highest BCUT2D eigenvalue weighted by Crippen LogP contribution is 2.63. The van der Waals surface area contributed by atoms with Crippen LogP contribution in [0.4, 0.5) is 0 Å². The lowest BCUT2D eigenvalue weighted by Crippen LogP contribution is -2.71. The number of ether oxygens (including phenoxy) is 1. The molecule has 144 valence electrons. The highest BCUT2D eigenvalue weighted by Gasteiger charge is 2.66. The van der Waals surface area contributed by atoms with E-state index in [0.29, 0.717) is 23.4 Å². The van der Waals surface area contributed by atoms with E-state index in [1.54, 1.807) is 0 Å². The van der Waals surface area contributed by atoms with Crippen molar-refractivity contribution in [1.82, 2.24) is 15.0 Å². The Morgan fingerprint density at radius 3 is 2.85 bits per heavy atom. The molecule has 6 nitrogen and oxygen atoms in total. The van der Waals surface area contributed by atoms with Crippen molar-refractivity contribution in [1.29, 1.82) is 0 Å². The summed E-state index contributed by atoms with van der Waals surface area (Å²) >= 11 is 0. The van der Waals surface area contributed by atoms with Crippen LogP contribution in [0.3, 0.4) is 0 Å². The number of nitrogens with zero attached hydrogens (tertiary/aromatic N) is 3. The number of hydrogen-bond acceptors (Lipinski definition) is 5. The van der Waals surface area contributed by atoms with Crippen LogP contribution in [0.5, 0.6) is 0 Å². The molecule has 0 radical (unpaired) electrons. The summed E-state index contributed by atoms with van der Waals surface area (Å²) in [6, 6.07) is 0. The Balaban J connectivity index is 1.50. The third-order valence-corrected chi connectivity index (χ3v) is 8.37. The third kappa shape index (κ3) is 2.15. The maximum absolute atomic E-state index is 11.2. The fourth-order valence-corrected chi connectivity index (χ4v) is 6.84. The Bertz CT molecular complexity index is 708. The van der Waals surface area contributed by atoms with Crippen molar-refractivity contribution >= 4 is 0 Å². The minimum Gasteiger partial charge on any atom is -0.390 e. The van der Waals surface area contributed by atoms with Gasteiger partial charge in [0.15, 0.2) is 0 Å². The average molecular weight is 361 g/mol. The van der Waals surface area contributed by atoms with Crippen LogP contribution in [-0.2, 0) is 16.9 Å². The van der Waals surface area contributed by atoms with E-state index in [9.17, 15) is 10.2 Å². The van der Waals surface area contributed by atoms with Crippen LogP contribution in [0, 0.1) is 17.8 Å². The summed E-state index contributed by atoms with van der Waals surface area (Å²) in [5.74, 6) is 1.42. The molecule has 6 rings (SSSR count). The van der Waals surface area contributed by atoms with Gasteiger partial charge in [-0.2, -0.15) is 0 Å². The van der Waals surface area contributed by atoms with Gasteiger partial charge in [0.1, 0.15) is 5.69 Å². The van der Waals surface area contributed by atoms with E-state index in [0.717, 1.165) is 51.4 Å². The average Bonchev–Trinajstić information content (AvgIpc) is 3.08. The molecule has 4 aliphatic carbocycles. The van der Waals surface area contributed by atoms with Crippen molar-refractivity contribution in [3.63, 3.8) is 0 Å². The molecular weight excluding hydrogens is 330 g/mol. The van der Waals surface area contributed by atoms with Gasteiger partial charge in [-0.05, 0) is 63.7 Å². The lowest BCUT2D eigenvalue weighted by Gasteiger charge is -2.67. The Morgan fingerprint density at radius 2 is 2.12 bits per heavy atom. The van der Waals surface area contributed by atoms with Gasteiger partial charge in [0.25, 0.3) is 0 Å². The Kier molecular flexibility index (Phi) is 3.64. The van der Waals surface area contributed by atoms with Crippen LogP contribution in [0.25, 0.3) is 0 Å². The van der Waals surface area contributed by atoms with E-state index in [1.165, 1.54) is 0 Å². The zero-order chi connectivity index (χ0) is 18.2. The zero-order valence-corrected chi connectivity index (χ0v) is 15.9. The summed E-state index contributed by atoms with van der Waals surface area (Å²) in [6.07, 6.45) is 10.2. The van der Waals surface area contributed by atoms with Crippen LogP contribution in [0.1, 0.15) is 70.9 Å². The van der Waals surface area contributed by atoms with E-state index >= 15 is 0 Å². The molecule has 1 aromatic heterocycles. The number of aliphatic hydroxyl groups excluding tert-OH is 1. The maximum Gasteiger partial charge on any atom is 0.108 e. The highest BCUT2D eigenvalue weighted by molar-refractivity contribution is 5.16. The molecule has 7 unspecified atom stereocenters. The van der Waals surface area contributed by atoms with Gasteiger partial charge in [-0.3, -0.25) is 0 Å². The molecule has 2 N–H and O–H groups in total. The SMILES string of the molecule is CCC1C2CC1(O)CCCC1(n3cc(CO)nn3)CCC3(C)OC2C3C1. The number of hydrogen-bond donors (Lipinski definition) is 2. The molecule has 0 aromatic carbocycles. The Hall–Kier alpha value is -0.980. The molecule has 7 atom stereocenters. The first kappa shape index (κ1) is 17.1. The molecule has 1 aliphatic heterocycles. The van der Waals surface area contributed by atoms with Crippen LogP contribution in [0.15, 0.2) is 6.20 Å². The van der Waals surface area contributed by atoms with Gasteiger partial charge in [0, 0.05) is 5.92 Å². The summed E-state index contributed by atoms with van der Waals surface area (Å²) in [5, 5.41) is 29.1. The molecule has 1 saturated heterocycles. The van der Waals surface area contributed by atoms with Gasteiger partial charge in [-0.1, -0.05) is 18.6 Å². The van der Waals surface area contributed by atoms with Crippen molar-refractivity contribution in [2.24, 2.45) is 17.8 Å². The lowest BCUT2D eigenvalue weighted by molar-refractivity contribution is -0.332. The molecule has 5 aliphatic rings. The largest absolute Gasteiger partial charge is 0.390 e. The van der Waals surface area contributed by atoms with Gasteiger partial charge in [0.2, 0.25) is 0 Å². The van der Waals surface area contributed by atoms with Crippen molar-refractivity contribution in [3.05, 3.63) is 11.9 Å². The summed E-state index contributed by atoms with van der Waals surface area (Å²) in [5.41, 5.74) is 0.0767. The van der Waals surface area contributed by atoms with E-state index in [1.807, 2.05) is 10.9 Å². The van der Waals surface area contributed by atoms with E-state index in [4.69, 9.17) is 4.74 Å². The van der Waals surface area contributed by atoms with Crippen LogP contribution in [-0.4, -0.2) is 42.5 Å². The number of rotatable bonds is 3. The Morgan fingerprint density at radius 1 is 1.27 bits per heavy atom. The zero-order valence-electron chi connectivity index (χ0n) is 15.9. The minimum atomic E-state index is -0.500. The highest BCUT2D eigenvalue weighted by atomic mass is 16.5. The van der Waals surface area contributed by atoms with Crippen molar-refractivity contribution in [3.8, 4) is 0 Å². The first-order chi connectivity index (χ1) is 12.4. The molecule has 26 heavy (non-hydrogen) atoms. The first-order valence-corrected chi connectivity index (χ1v) is 10.4. The predicted octanol–water partition coefficient (Wildman–Crippen LogP) is 2.38. The van der Waals surface area contributed by atoms with Gasteiger partial charge in [0.05, 0.1) is 35.6 Å². The van der Waals surface area contributed by atoms with Gasteiger partial charge < -0.3 is 14.9 Å². The van der Waals surface area contributed by atoms with E-state index in [-0.39, 0.29) is 23.9 Å². The molecule has 0 spiro atoms. The fraction of sp³-hybridized carbons (Fsp3) is 0.900. The molecule has 0 amide bonds. The number of aliphatic hydroxyl groups is 2. The number of aromatic nitrogens is 3. The number of fused-ring (bicyclic) bond motifs is 2. The summed E-state index contributed by atoms with van der Waals surface area (Å²) < 4.78 is 8.52. The molecular formula is C20H31N3O3.